The van der Waals surface area contributed by atoms with Crippen LogP contribution in [-0.2, 0) is 0 Å². The van der Waals surface area contributed by atoms with Crippen molar-refractivity contribution in [3.05, 3.63) is 48.4 Å². The molecule has 3 heterocycles. The van der Waals surface area contributed by atoms with E-state index in [2.05, 4.69) is 34.2 Å². The second-order valence-corrected chi connectivity index (χ2v) is 8.25. The third kappa shape index (κ3) is 6.33. The van der Waals surface area contributed by atoms with Crippen LogP contribution in [0.15, 0.2) is 52.1 Å². The first kappa shape index (κ1) is 25.2. The van der Waals surface area contributed by atoms with E-state index in [9.17, 15) is 4.79 Å². The lowest BCUT2D eigenvalue weighted by Gasteiger charge is -2.36. The first-order valence-electron chi connectivity index (χ1n) is 11.4. The van der Waals surface area contributed by atoms with Gasteiger partial charge in [-0.15, -0.1) is 24.0 Å². The molecule has 0 radical (unpaired) electrons. The average Bonchev–Trinajstić information content (AvgIpc) is 3.54. The Morgan fingerprint density at radius 2 is 1.94 bits per heavy atom. The van der Waals surface area contributed by atoms with Gasteiger partial charge in [0.05, 0.1) is 13.4 Å². The summed E-state index contributed by atoms with van der Waals surface area (Å²) in [6.45, 7) is 8.61. The summed E-state index contributed by atoms with van der Waals surface area (Å²) in [5.74, 6) is 2.72. The highest BCUT2D eigenvalue weighted by Gasteiger charge is 2.26. The van der Waals surface area contributed by atoms with E-state index < -0.39 is 0 Å². The molecule has 1 aromatic carbocycles. The number of ether oxygens (including phenoxy) is 1. The predicted octanol–water partition coefficient (Wildman–Crippen LogP) is 3.16. The number of carbonyl (C=O) groups excluding carboxylic acids is 1. The number of piperazine rings is 1. The van der Waals surface area contributed by atoms with E-state index in [1.807, 2.05) is 17.0 Å². The molecule has 1 unspecified atom stereocenters. The summed E-state index contributed by atoms with van der Waals surface area (Å²) >= 11 is 0. The van der Waals surface area contributed by atoms with Gasteiger partial charge in [-0.25, -0.2) is 0 Å². The largest absolute Gasteiger partial charge is 0.497 e. The van der Waals surface area contributed by atoms with Crippen LogP contribution >= 0.6 is 24.0 Å². The molecule has 9 heteroatoms. The first-order chi connectivity index (χ1) is 15.7. The van der Waals surface area contributed by atoms with Crippen LogP contribution in [0.25, 0.3) is 0 Å². The molecule has 1 atom stereocenters. The fraction of sp³-hybridized carbons (Fsp3) is 0.500. The minimum Gasteiger partial charge on any atom is -0.497 e. The third-order valence-corrected chi connectivity index (χ3v) is 6.14. The number of hydrogen-bond acceptors (Lipinski definition) is 5. The molecular formula is C24H34IN5O3. The van der Waals surface area contributed by atoms with Crippen LogP contribution in [0.4, 0.5) is 5.69 Å². The summed E-state index contributed by atoms with van der Waals surface area (Å²) in [4.78, 5) is 24.0. The van der Waals surface area contributed by atoms with Gasteiger partial charge >= 0.3 is 0 Å². The Morgan fingerprint density at radius 1 is 1.15 bits per heavy atom. The van der Waals surface area contributed by atoms with Crippen LogP contribution in [-0.4, -0.2) is 81.1 Å². The second kappa shape index (κ2) is 12.2. The Balaban J connectivity index is 0.00000306. The van der Waals surface area contributed by atoms with Crippen LogP contribution in [0.1, 0.15) is 23.9 Å². The number of nitrogens with one attached hydrogen (secondary N) is 1. The van der Waals surface area contributed by atoms with Crippen molar-refractivity contribution in [2.24, 2.45) is 10.9 Å². The summed E-state index contributed by atoms with van der Waals surface area (Å²) in [5, 5.41) is 3.43. The number of hydrogen-bond donors (Lipinski definition) is 1. The third-order valence-electron chi connectivity index (χ3n) is 6.14. The van der Waals surface area contributed by atoms with Crippen LogP contribution in [0.5, 0.6) is 5.75 Å². The van der Waals surface area contributed by atoms with Gasteiger partial charge in [0.2, 0.25) is 0 Å². The van der Waals surface area contributed by atoms with Gasteiger partial charge in [0.15, 0.2) is 11.7 Å². The SMILES string of the molecule is CCNC(=NCC1CCN(c2cccc(OC)c2)C1)N1CCN(C(=O)c2ccco2)CC1.I. The molecule has 4 rings (SSSR count). The molecule has 0 spiro atoms. The van der Waals surface area contributed by atoms with Gasteiger partial charge in [-0.3, -0.25) is 9.79 Å². The molecule has 1 aromatic heterocycles. The maximum atomic E-state index is 12.5. The number of methoxy groups -OCH3 is 1. The van der Waals surface area contributed by atoms with Crippen LogP contribution in [0, 0.1) is 5.92 Å². The van der Waals surface area contributed by atoms with E-state index in [1.54, 1.807) is 19.2 Å². The van der Waals surface area contributed by atoms with Gasteiger partial charge in [0, 0.05) is 64.1 Å². The quantitative estimate of drug-likeness (QED) is 0.329. The normalized spacial score (nSPS) is 18.8. The number of furan rings is 1. The molecule has 33 heavy (non-hydrogen) atoms. The molecular weight excluding hydrogens is 533 g/mol. The van der Waals surface area contributed by atoms with E-state index in [0.717, 1.165) is 57.4 Å². The van der Waals surface area contributed by atoms with Gasteiger partial charge in [-0.1, -0.05) is 6.07 Å². The van der Waals surface area contributed by atoms with Crippen molar-refractivity contribution in [2.45, 2.75) is 13.3 Å². The lowest BCUT2D eigenvalue weighted by molar-refractivity contribution is 0.0657. The Labute approximate surface area is 213 Å². The topological polar surface area (TPSA) is 73.6 Å². The number of halogens is 1. The molecule has 0 bridgehead atoms. The molecule has 2 aliphatic rings. The monoisotopic (exact) mass is 567 g/mol. The number of rotatable bonds is 6. The Hall–Kier alpha value is -2.43. The number of carbonyl (C=O) groups is 1. The zero-order valence-electron chi connectivity index (χ0n) is 19.4. The molecule has 2 aliphatic heterocycles. The molecule has 180 valence electrons. The van der Waals surface area contributed by atoms with Crippen molar-refractivity contribution in [3.8, 4) is 5.75 Å². The summed E-state index contributed by atoms with van der Waals surface area (Å²) in [7, 11) is 1.70. The Morgan fingerprint density at radius 3 is 2.64 bits per heavy atom. The molecule has 2 saturated heterocycles. The average molecular weight is 567 g/mol. The highest BCUT2D eigenvalue weighted by atomic mass is 127. The van der Waals surface area contributed by atoms with E-state index in [4.69, 9.17) is 14.1 Å². The first-order valence-corrected chi connectivity index (χ1v) is 11.4. The summed E-state index contributed by atoms with van der Waals surface area (Å²) < 4.78 is 10.6. The number of aliphatic imine (C=N–C) groups is 1. The summed E-state index contributed by atoms with van der Waals surface area (Å²) in [6.07, 6.45) is 2.67. The highest BCUT2D eigenvalue weighted by Crippen LogP contribution is 2.27. The predicted molar refractivity (Wildman–Crippen MR) is 141 cm³/mol. The van der Waals surface area contributed by atoms with Crippen molar-refractivity contribution in [2.75, 3.05) is 64.4 Å². The number of amides is 1. The molecule has 0 aliphatic carbocycles. The van der Waals surface area contributed by atoms with Gasteiger partial charge in [0.25, 0.3) is 5.91 Å². The molecule has 8 nitrogen and oxygen atoms in total. The number of guanidine groups is 1. The smallest absolute Gasteiger partial charge is 0.289 e. The zero-order chi connectivity index (χ0) is 22.3. The van der Waals surface area contributed by atoms with Gasteiger partial charge in [0.1, 0.15) is 5.75 Å². The van der Waals surface area contributed by atoms with E-state index in [0.29, 0.717) is 24.8 Å². The lowest BCUT2D eigenvalue weighted by Crippen LogP contribution is -2.53. The molecule has 2 aromatic rings. The van der Waals surface area contributed by atoms with Gasteiger partial charge in [-0.2, -0.15) is 0 Å². The van der Waals surface area contributed by atoms with E-state index in [-0.39, 0.29) is 29.9 Å². The highest BCUT2D eigenvalue weighted by molar-refractivity contribution is 14.0. The van der Waals surface area contributed by atoms with Crippen molar-refractivity contribution in [1.29, 1.82) is 0 Å². The minimum atomic E-state index is -0.0415. The summed E-state index contributed by atoms with van der Waals surface area (Å²) in [5.41, 5.74) is 1.21. The number of benzene rings is 1. The minimum absolute atomic E-state index is 0. The Bertz CT molecular complexity index is 913. The maximum absolute atomic E-state index is 12.5. The van der Waals surface area contributed by atoms with Crippen LogP contribution < -0.4 is 15.0 Å². The van der Waals surface area contributed by atoms with Crippen LogP contribution in [0.3, 0.4) is 0 Å². The zero-order valence-corrected chi connectivity index (χ0v) is 21.7. The van der Waals surface area contributed by atoms with Crippen molar-refractivity contribution < 1.29 is 13.9 Å². The van der Waals surface area contributed by atoms with Gasteiger partial charge < -0.3 is 29.2 Å². The molecule has 2 fully saturated rings. The maximum Gasteiger partial charge on any atom is 0.289 e. The van der Waals surface area contributed by atoms with Crippen molar-refractivity contribution in [3.63, 3.8) is 0 Å². The van der Waals surface area contributed by atoms with E-state index in [1.165, 1.54) is 12.0 Å². The molecule has 1 amide bonds. The summed E-state index contributed by atoms with van der Waals surface area (Å²) in [6, 6.07) is 11.7. The molecule has 0 saturated carbocycles. The van der Waals surface area contributed by atoms with Gasteiger partial charge in [-0.05, 0) is 43.5 Å². The van der Waals surface area contributed by atoms with E-state index >= 15 is 0 Å². The standard InChI is InChI=1S/C24H33N5O3.HI/c1-3-25-24(28-13-11-27(12-14-28)23(30)22-8-5-15-32-22)26-17-19-9-10-29(18-19)20-6-4-7-21(16-20)31-2;/h4-8,15-16,19H,3,9-14,17-18H2,1-2H3,(H,25,26);1H. The fourth-order valence-corrected chi connectivity index (χ4v) is 4.34. The number of anilines is 1. The van der Waals surface area contributed by atoms with Crippen LogP contribution in [0.2, 0.25) is 0 Å². The Kier molecular flexibility index (Phi) is 9.28. The fourth-order valence-electron chi connectivity index (χ4n) is 4.34. The number of nitrogens with zero attached hydrogens (tertiary/aromatic N) is 4. The lowest BCUT2D eigenvalue weighted by atomic mass is 10.1. The molecule has 1 N–H and O–H groups in total. The second-order valence-electron chi connectivity index (χ2n) is 8.25. The van der Waals surface area contributed by atoms with Crippen molar-refractivity contribution in [1.82, 2.24) is 15.1 Å². The van der Waals surface area contributed by atoms with Crippen molar-refractivity contribution >= 4 is 41.5 Å².